The largest absolute Gasteiger partial charge is 0.343 e. The van der Waals surface area contributed by atoms with Gasteiger partial charge in [0.1, 0.15) is 0 Å². The molecule has 4 nitrogen and oxygen atoms in total. The molecule has 0 aliphatic heterocycles. The third-order valence-corrected chi connectivity index (χ3v) is 4.97. The van der Waals surface area contributed by atoms with Crippen LogP contribution >= 0.6 is 0 Å². The summed E-state index contributed by atoms with van der Waals surface area (Å²) in [5, 5.41) is 0. The minimum absolute atomic E-state index is 0.0426. The van der Waals surface area contributed by atoms with Crippen LogP contribution in [0.4, 0.5) is 5.69 Å². The molecule has 0 atom stereocenters. The van der Waals surface area contributed by atoms with Crippen LogP contribution in [0.1, 0.15) is 39.5 Å². The number of hydrogen-bond acceptors (Lipinski definition) is 2. The standard InChI is InChI=1S/C19H28N2O2/c1-4-21(5-2)19(23)16-13-11-15(12-14-16)18(22)20(3)17-9-7-6-8-10-17/h6-10,15-16H,4-5,11-14H2,1-3H3. The van der Waals surface area contributed by atoms with Crippen LogP contribution in [0.5, 0.6) is 0 Å². The predicted molar refractivity (Wildman–Crippen MR) is 93.2 cm³/mol. The molecule has 0 radical (unpaired) electrons. The summed E-state index contributed by atoms with van der Waals surface area (Å²) in [6, 6.07) is 9.74. The van der Waals surface area contributed by atoms with Crippen LogP contribution < -0.4 is 4.90 Å². The molecule has 1 aliphatic carbocycles. The van der Waals surface area contributed by atoms with Crippen LogP contribution in [0, 0.1) is 11.8 Å². The maximum Gasteiger partial charge on any atom is 0.229 e. The molecule has 1 saturated carbocycles. The topological polar surface area (TPSA) is 40.6 Å². The Labute approximate surface area is 139 Å². The van der Waals surface area contributed by atoms with E-state index in [0.717, 1.165) is 44.5 Å². The van der Waals surface area contributed by atoms with Crippen LogP contribution in [0.15, 0.2) is 30.3 Å². The summed E-state index contributed by atoms with van der Waals surface area (Å²) >= 11 is 0. The van der Waals surface area contributed by atoms with Gasteiger partial charge in [-0.1, -0.05) is 18.2 Å². The lowest BCUT2D eigenvalue weighted by Gasteiger charge is -2.32. The average molecular weight is 316 g/mol. The smallest absolute Gasteiger partial charge is 0.229 e. The molecule has 1 aliphatic rings. The summed E-state index contributed by atoms with van der Waals surface area (Å²) in [6.45, 7) is 5.58. The molecule has 23 heavy (non-hydrogen) atoms. The molecule has 2 amide bonds. The highest BCUT2D eigenvalue weighted by Crippen LogP contribution is 2.32. The lowest BCUT2D eigenvalue weighted by molar-refractivity contribution is -0.137. The number of hydrogen-bond donors (Lipinski definition) is 0. The Morgan fingerprint density at radius 3 is 1.87 bits per heavy atom. The zero-order chi connectivity index (χ0) is 16.8. The van der Waals surface area contributed by atoms with Gasteiger partial charge in [0.2, 0.25) is 11.8 Å². The quantitative estimate of drug-likeness (QED) is 0.836. The fourth-order valence-electron chi connectivity index (χ4n) is 3.43. The van der Waals surface area contributed by atoms with Gasteiger partial charge in [-0.2, -0.15) is 0 Å². The van der Waals surface area contributed by atoms with Crippen LogP contribution in [0.2, 0.25) is 0 Å². The number of benzene rings is 1. The first-order chi connectivity index (χ1) is 11.1. The summed E-state index contributed by atoms with van der Waals surface area (Å²) in [4.78, 5) is 28.7. The zero-order valence-corrected chi connectivity index (χ0v) is 14.5. The van der Waals surface area contributed by atoms with Crippen molar-refractivity contribution in [2.24, 2.45) is 11.8 Å². The van der Waals surface area contributed by atoms with E-state index in [2.05, 4.69) is 0 Å². The molecule has 126 valence electrons. The maximum absolute atomic E-state index is 12.7. The van der Waals surface area contributed by atoms with Gasteiger partial charge < -0.3 is 9.80 Å². The van der Waals surface area contributed by atoms with Crippen molar-refractivity contribution in [3.63, 3.8) is 0 Å². The van der Waals surface area contributed by atoms with E-state index in [-0.39, 0.29) is 23.7 Å². The molecule has 0 N–H and O–H groups in total. The van der Waals surface area contributed by atoms with Gasteiger partial charge in [-0.25, -0.2) is 0 Å². The number of rotatable bonds is 5. The van der Waals surface area contributed by atoms with E-state index in [1.54, 1.807) is 4.90 Å². The van der Waals surface area contributed by atoms with Gasteiger partial charge in [0.05, 0.1) is 0 Å². The van der Waals surface area contributed by atoms with Crippen LogP contribution in [0.3, 0.4) is 0 Å². The Morgan fingerprint density at radius 1 is 0.913 bits per heavy atom. The first-order valence-electron chi connectivity index (χ1n) is 8.69. The molecule has 0 unspecified atom stereocenters. The summed E-state index contributed by atoms with van der Waals surface area (Å²) in [7, 11) is 1.84. The second-order valence-electron chi connectivity index (χ2n) is 6.29. The first kappa shape index (κ1) is 17.5. The number of nitrogens with zero attached hydrogens (tertiary/aromatic N) is 2. The van der Waals surface area contributed by atoms with E-state index >= 15 is 0 Å². The molecule has 0 saturated heterocycles. The second kappa shape index (κ2) is 8.14. The van der Waals surface area contributed by atoms with Gasteiger partial charge in [0.15, 0.2) is 0 Å². The zero-order valence-electron chi connectivity index (χ0n) is 14.5. The second-order valence-corrected chi connectivity index (χ2v) is 6.29. The van der Waals surface area contributed by atoms with Gasteiger partial charge in [-0.05, 0) is 51.7 Å². The van der Waals surface area contributed by atoms with Gasteiger partial charge in [0.25, 0.3) is 0 Å². The highest BCUT2D eigenvalue weighted by Gasteiger charge is 2.32. The van der Waals surface area contributed by atoms with Crippen LogP contribution in [0.25, 0.3) is 0 Å². The van der Waals surface area contributed by atoms with Crippen molar-refractivity contribution in [1.29, 1.82) is 0 Å². The summed E-state index contributed by atoms with van der Waals surface area (Å²) in [6.07, 6.45) is 3.28. The van der Waals surface area contributed by atoms with Crippen molar-refractivity contribution in [3.05, 3.63) is 30.3 Å². The third kappa shape index (κ3) is 4.12. The van der Waals surface area contributed by atoms with Crippen LogP contribution in [-0.2, 0) is 9.59 Å². The Balaban J connectivity index is 1.91. The Morgan fingerprint density at radius 2 is 1.39 bits per heavy atom. The number of carbonyl (C=O) groups excluding carboxylic acids is 2. The number of carbonyl (C=O) groups is 2. The SMILES string of the molecule is CCN(CC)C(=O)C1CCC(C(=O)N(C)c2ccccc2)CC1. The third-order valence-electron chi connectivity index (χ3n) is 4.97. The van der Waals surface area contributed by atoms with E-state index in [1.165, 1.54) is 0 Å². The summed E-state index contributed by atoms with van der Waals surface area (Å²) < 4.78 is 0. The van der Waals surface area contributed by atoms with Crippen molar-refractivity contribution in [3.8, 4) is 0 Å². The summed E-state index contributed by atoms with van der Waals surface area (Å²) in [5.41, 5.74) is 0.929. The van der Waals surface area contributed by atoms with Gasteiger partial charge in [-0.15, -0.1) is 0 Å². The minimum Gasteiger partial charge on any atom is -0.343 e. The fraction of sp³-hybridized carbons (Fsp3) is 0.579. The Hall–Kier alpha value is -1.84. The molecule has 1 aromatic carbocycles. The maximum atomic E-state index is 12.7. The van der Waals surface area contributed by atoms with Gasteiger partial charge >= 0.3 is 0 Å². The molecule has 0 aromatic heterocycles. The predicted octanol–water partition coefficient (Wildman–Crippen LogP) is 3.32. The highest BCUT2D eigenvalue weighted by atomic mass is 16.2. The number of para-hydroxylation sites is 1. The number of anilines is 1. The molecule has 4 heteroatoms. The lowest BCUT2D eigenvalue weighted by Crippen LogP contribution is -2.40. The van der Waals surface area contributed by atoms with Crippen molar-refractivity contribution in [2.75, 3.05) is 25.0 Å². The van der Waals surface area contributed by atoms with Crippen LogP contribution in [-0.4, -0.2) is 36.9 Å². The molecule has 0 bridgehead atoms. The molecular weight excluding hydrogens is 288 g/mol. The van der Waals surface area contributed by atoms with Crippen molar-refractivity contribution in [1.82, 2.24) is 4.90 Å². The van der Waals surface area contributed by atoms with E-state index in [0.29, 0.717) is 0 Å². The van der Waals surface area contributed by atoms with E-state index in [4.69, 9.17) is 0 Å². The van der Waals surface area contributed by atoms with E-state index in [1.807, 2.05) is 56.1 Å². The minimum atomic E-state index is 0.0426. The van der Waals surface area contributed by atoms with Crippen molar-refractivity contribution in [2.45, 2.75) is 39.5 Å². The number of amides is 2. The van der Waals surface area contributed by atoms with E-state index < -0.39 is 0 Å². The molecule has 0 spiro atoms. The van der Waals surface area contributed by atoms with E-state index in [9.17, 15) is 9.59 Å². The van der Waals surface area contributed by atoms with Crippen molar-refractivity contribution < 1.29 is 9.59 Å². The fourth-order valence-corrected chi connectivity index (χ4v) is 3.43. The molecule has 0 heterocycles. The molecular formula is C19H28N2O2. The lowest BCUT2D eigenvalue weighted by atomic mass is 9.80. The average Bonchev–Trinajstić information content (AvgIpc) is 2.62. The van der Waals surface area contributed by atoms with Gasteiger partial charge in [0, 0.05) is 37.7 Å². The van der Waals surface area contributed by atoms with Crippen molar-refractivity contribution >= 4 is 17.5 Å². The molecule has 1 aromatic rings. The molecule has 2 rings (SSSR count). The normalized spacial score (nSPS) is 20.8. The van der Waals surface area contributed by atoms with Gasteiger partial charge in [-0.3, -0.25) is 9.59 Å². The first-order valence-corrected chi connectivity index (χ1v) is 8.69. The monoisotopic (exact) mass is 316 g/mol. The Bertz CT molecular complexity index is 517. The Kier molecular flexibility index (Phi) is 6.20. The highest BCUT2D eigenvalue weighted by molar-refractivity contribution is 5.94. The molecule has 1 fully saturated rings. The summed E-state index contributed by atoms with van der Waals surface area (Å²) in [5.74, 6) is 0.573.